The molecule has 0 heterocycles. The van der Waals surface area contributed by atoms with Gasteiger partial charge in [0.15, 0.2) is 0 Å². The second kappa shape index (κ2) is 4.08. The van der Waals surface area contributed by atoms with E-state index in [1.54, 1.807) is 0 Å². The molecule has 0 aliphatic carbocycles. The van der Waals surface area contributed by atoms with Gasteiger partial charge in [0, 0.05) is 13.8 Å². The first-order valence-electron chi connectivity index (χ1n) is 2.39. The Bertz CT molecular complexity index is 108. The summed E-state index contributed by atoms with van der Waals surface area (Å²) in [5.74, 6) is -0.800. The van der Waals surface area contributed by atoms with Crippen molar-refractivity contribution < 1.29 is 18.4 Å². The van der Waals surface area contributed by atoms with Crippen molar-refractivity contribution in [2.75, 3.05) is 0 Å². The third kappa shape index (κ3) is 7.16. The maximum absolute atomic E-state index is 10.0. The fourth-order valence-corrected chi connectivity index (χ4v) is 0.586. The maximum Gasteiger partial charge on any atom is 0.431 e. The Balaban J connectivity index is 3.10. The van der Waals surface area contributed by atoms with Crippen LogP contribution in [-0.2, 0) is 18.4 Å². The third-order valence-electron chi connectivity index (χ3n) is 0.524. The highest BCUT2D eigenvalue weighted by Crippen LogP contribution is 1.75. The van der Waals surface area contributed by atoms with E-state index in [4.69, 9.17) is 0 Å². The minimum Gasteiger partial charge on any atom is -0.490 e. The molecule has 0 N–H and O–H groups in total. The van der Waals surface area contributed by atoms with E-state index in [-0.39, 0.29) is 0 Å². The summed E-state index contributed by atoms with van der Waals surface area (Å²) in [4.78, 5) is 20.1. The number of hydrogen-bond acceptors (Lipinski definition) is 4. The number of carbonyl (C=O) groups is 2. The molecule has 0 amide bonds. The van der Waals surface area contributed by atoms with E-state index in [1.165, 1.54) is 13.8 Å². The van der Waals surface area contributed by atoms with Crippen LogP contribution >= 0.6 is 0 Å². The van der Waals surface area contributed by atoms with Crippen molar-refractivity contribution in [3.05, 3.63) is 0 Å². The monoisotopic (exact) mass is 148 g/mol. The van der Waals surface area contributed by atoms with Crippen LogP contribution in [0.15, 0.2) is 0 Å². The highest BCUT2D eigenvalue weighted by Gasteiger charge is 1.95. The normalized spacial score (nSPS) is 8.22. The van der Waals surface area contributed by atoms with Crippen LogP contribution in [0.5, 0.6) is 0 Å². The third-order valence-corrected chi connectivity index (χ3v) is 1.57. The Morgan fingerprint density at radius 3 is 1.67 bits per heavy atom. The van der Waals surface area contributed by atoms with Crippen LogP contribution in [0.4, 0.5) is 0 Å². The summed E-state index contributed by atoms with van der Waals surface area (Å²) in [6.45, 7) is 2.55. The molecule has 0 fully saturated rings. The molecule has 0 saturated carbocycles. The highest BCUT2D eigenvalue weighted by atomic mass is 28.3. The number of carbonyl (C=O) groups excluding carboxylic acids is 2. The minimum atomic E-state index is -1.38. The molecule has 0 spiro atoms. The molecular formula is C4H8O4Si. The van der Waals surface area contributed by atoms with Gasteiger partial charge in [-0.1, -0.05) is 0 Å². The zero-order valence-corrected chi connectivity index (χ0v) is 6.75. The maximum atomic E-state index is 10.0. The Hall–Kier alpha value is -0.843. The lowest BCUT2D eigenvalue weighted by Crippen LogP contribution is -2.11. The predicted octanol–water partition coefficient (Wildman–Crippen LogP) is -0.889. The van der Waals surface area contributed by atoms with Crippen molar-refractivity contribution in [2.45, 2.75) is 13.8 Å². The van der Waals surface area contributed by atoms with Gasteiger partial charge < -0.3 is 8.85 Å². The Labute approximate surface area is 55.2 Å². The van der Waals surface area contributed by atoms with Crippen molar-refractivity contribution in [1.82, 2.24) is 0 Å². The summed E-state index contributed by atoms with van der Waals surface area (Å²) in [5, 5.41) is 0. The van der Waals surface area contributed by atoms with Crippen molar-refractivity contribution in [2.24, 2.45) is 0 Å². The summed E-state index contributed by atoms with van der Waals surface area (Å²) in [6.07, 6.45) is 0. The van der Waals surface area contributed by atoms with Crippen molar-refractivity contribution in [3.63, 3.8) is 0 Å². The van der Waals surface area contributed by atoms with E-state index in [9.17, 15) is 9.59 Å². The quantitative estimate of drug-likeness (QED) is 0.477. The molecule has 9 heavy (non-hydrogen) atoms. The summed E-state index contributed by atoms with van der Waals surface area (Å²) in [7, 11) is -1.38. The largest absolute Gasteiger partial charge is 0.490 e. The van der Waals surface area contributed by atoms with Crippen molar-refractivity contribution in [1.29, 1.82) is 0 Å². The SMILES string of the molecule is CC(=O)O[SiH2]OC(C)=O. The second-order valence-corrected chi connectivity index (χ2v) is 2.20. The van der Waals surface area contributed by atoms with Crippen LogP contribution in [0.25, 0.3) is 0 Å². The summed E-state index contributed by atoms with van der Waals surface area (Å²) in [6, 6.07) is 0. The van der Waals surface area contributed by atoms with Gasteiger partial charge in [-0.2, -0.15) is 0 Å². The molecule has 0 unspecified atom stereocenters. The number of rotatable bonds is 2. The molecule has 0 radical (unpaired) electrons. The first kappa shape index (κ1) is 8.16. The van der Waals surface area contributed by atoms with Crippen LogP contribution in [0.1, 0.15) is 13.8 Å². The molecule has 0 saturated heterocycles. The van der Waals surface area contributed by atoms with Crippen molar-refractivity contribution in [3.8, 4) is 0 Å². The standard InChI is InChI=1S/C4H8O4Si/c1-3(5)7-9-8-4(2)6/h9H2,1-2H3. The Kier molecular flexibility index (Phi) is 3.70. The number of hydrogen-bond donors (Lipinski definition) is 0. The average molecular weight is 148 g/mol. The van der Waals surface area contributed by atoms with Gasteiger partial charge in [0.05, 0.1) is 0 Å². The molecule has 0 aromatic heterocycles. The first-order chi connectivity index (χ1) is 4.13. The highest BCUT2D eigenvalue weighted by molar-refractivity contribution is 6.25. The van der Waals surface area contributed by atoms with E-state index in [1.807, 2.05) is 0 Å². The van der Waals surface area contributed by atoms with Crippen LogP contribution in [0, 0.1) is 0 Å². The molecule has 0 aliphatic heterocycles. The van der Waals surface area contributed by atoms with Crippen molar-refractivity contribution >= 4 is 21.9 Å². The minimum absolute atomic E-state index is 0.400. The van der Waals surface area contributed by atoms with Gasteiger partial charge in [0.25, 0.3) is 11.9 Å². The fraction of sp³-hybridized carbons (Fsp3) is 0.500. The van der Waals surface area contributed by atoms with E-state index in [0.29, 0.717) is 0 Å². The predicted molar refractivity (Wildman–Crippen MR) is 32.1 cm³/mol. The lowest BCUT2D eigenvalue weighted by Gasteiger charge is -1.99. The molecule has 0 rings (SSSR count). The molecule has 0 bridgehead atoms. The topological polar surface area (TPSA) is 52.6 Å². The zero-order valence-electron chi connectivity index (χ0n) is 5.34. The summed E-state index contributed by atoms with van der Waals surface area (Å²) < 4.78 is 8.82. The molecule has 4 nitrogen and oxygen atoms in total. The van der Waals surface area contributed by atoms with Gasteiger partial charge in [0.2, 0.25) is 0 Å². The average Bonchev–Trinajstić information content (AvgIpc) is 1.63. The Morgan fingerprint density at radius 2 is 1.44 bits per heavy atom. The van der Waals surface area contributed by atoms with Gasteiger partial charge in [0.1, 0.15) is 0 Å². The second-order valence-electron chi connectivity index (χ2n) is 1.39. The summed E-state index contributed by atoms with van der Waals surface area (Å²) in [5.41, 5.74) is 0. The van der Waals surface area contributed by atoms with E-state index >= 15 is 0 Å². The van der Waals surface area contributed by atoms with Gasteiger partial charge in [-0.15, -0.1) is 0 Å². The van der Waals surface area contributed by atoms with Gasteiger partial charge >= 0.3 is 10.0 Å². The smallest absolute Gasteiger partial charge is 0.431 e. The van der Waals surface area contributed by atoms with Gasteiger partial charge in [-0.05, 0) is 0 Å². The van der Waals surface area contributed by atoms with Gasteiger partial charge in [-0.25, -0.2) is 0 Å². The van der Waals surface area contributed by atoms with E-state index in [2.05, 4.69) is 8.85 Å². The molecule has 5 heteroatoms. The Morgan fingerprint density at radius 1 is 1.11 bits per heavy atom. The fourth-order valence-electron chi connectivity index (χ4n) is 0.195. The summed E-state index contributed by atoms with van der Waals surface area (Å²) >= 11 is 0. The molecule has 52 valence electrons. The zero-order chi connectivity index (χ0) is 7.28. The lowest BCUT2D eigenvalue weighted by atomic mass is 10.9. The van der Waals surface area contributed by atoms with Gasteiger partial charge in [-0.3, -0.25) is 9.59 Å². The molecular weight excluding hydrogens is 140 g/mol. The van der Waals surface area contributed by atoms with Crippen LogP contribution in [0.2, 0.25) is 0 Å². The molecule has 0 aliphatic rings. The van der Waals surface area contributed by atoms with Crippen LogP contribution in [0.3, 0.4) is 0 Å². The van der Waals surface area contributed by atoms with E-state index < -0.39 is 21.9 Å². The van der Waals surface area contributed by atoms with Crippen LogP contribution in [-0.4, -0.2) is 21.9 Å². The molecule has 0 aromatic carbocycles. The molecule has 0 aromatic rings. The first-order valence-corrected chi connectivity index (χ1v) is 3.55. The lowest BCUT2D eigenvalue weighted by molar-refractivity contribution is -0.136. The van der Waals surface area contributed by atoms with Crippen LogP contribution < -0.4 is 0 Å². The van der Waals surface area contributed by atoms with E-state index in [0.717, 1.165) is 0 Å². The molecule has 0 atom stereocenters.